The lowest BCUT2D eigenvalue weighted by molar-refractivity contribution is 0.418. The summed E-state index contributed by atoms with van der Waals surface area (Å²) >= 11 is 6.89. The largest absolute Gasteiger partial charge is 0.416 e. The molecule has 1 rings (SSSR count). The van der Waals surface area contributed by atoms with Gasteiger partial charge in [0.1, 0.15) is 0 Å². The quantitative estimate of drug-likeness (QED) is 0.521. The SMILES string of the molecule is CSc1nnc(CCCl)o1. The second kappa shape index (κ2) is 3.83. The Kier molecular flexibility index (Phi) is 3.02. The van der Waals surface area contributed by atoms with Gasteiger partial charge in [0, 0.05) is 12.3 Å². The maximum absolute atomic E-state index is 5.45. The van der Waals surface area contributed by atoms with Crippen molar-refractivity contribution in [3.05, 3.63) is 5.89 Å². The molecule has 0 unspecified atom stereocenters. The molecule has 0 aliphatic carbocycles. The molecule has 0 aromatic carbocycles. The van der Waals surface area contributed by atoms with Crippen LogP contribution < -0.4 is 0 Å². The average Bonchev–Trinajstić information content (AvgIpc) is 2.37. The maximum Gasteiger partial charge on any atom is 0.276 e. The molecule has 0 spiro atoms. The standard InChI is InChI=1S/C5H7ClN2OS/c1-10-5-8-7-4(9-5)2-3-6/h2-3H2,1H3. The Morgan fingerprint density at radius 2 is 2.40 bits per heavy atom. The topological polar surface area (TPSA) is 38.9 Å². The minimum atomic E-state index is 0.524. The third-order valence-electron chi connectivity index (χ3n) is 0.931. The molecule has 10 heavy (non-hydrogen) atoms. The monoisotopic (exact) mass is 178 g/mol. The van der Waals surface area contributed by atoms with Crippen molar-refractivity contribution in [2.75, 3.05) is 12.1 Å². The fraction of sp³-hybridized carbons (Fsp3) is 0.600. The molecular formula is C5H7ClN2OS. The number of halogens is 1. The average molecular weight is 179 g/mol. The van der Waals surface area contributed by atoms with Gasteiger partial charge in [0.15, 0.2) is 0 Å². The number of aryl methyl sites for hydroxylation is 1. The second-order valence-corrected chi connectivity index (χ2v) is 2.74. The molecule has 56 valence electrons. The number of alkyl halides is 1. The van der Waals surface area contributed by atoms with Gasteiger partial charge in [-0.3, -0.25) is 0 Å². The smallest absolute Gasteiger partial charge is 0.276 e. The van der Waals surface area contributed by atoms with Crippen molar-refractivity contribution < 1.29 is 4.42 Å². The first-order chi connectivity index (χ1) is 4.86. The number of nitrogens with zero attached hydrogens (tertiary/aromatic N) is 2. The number of rotatable bonds is 3. The van der Waals surface area contributed by atoms with Crippen LogP contribution in [0.2, 0.25) is 0 Å². The van der Waals surface area contributed by atoms with E-state index in [9.17, 15) is 0 Å². The predicted octanol–water partition coefficient (Wildman–Crippen LogP) is 1.57. The van der Waals surface area contributed by atoms with E-state index in [1.807, 2.05) is 6.26 Å². The van der Waals surface area contributed by atoms with Crippen molar-refractivity contribution in [2.45, 2.75) is 11.6 Å². The lowest BCUT2D eigenvalue weighted by Gasteiger charge is -1.83. The predicted molar refractivity (Wildman–Crippen MR) is 40.5 cm³/mol. The van der Waals surface area contributed by atoms with Crippen molar-refractivity contribution >= 4 is 23.4 Å². The lowest BCUT2D eigenvalue weighted by atomic mass is 10.5. The molecule has 3 nitrogen and oxygen atoms in total. The fourth-order valence-corrected chi connectivity index (χ4v) is 0.966. The van der Waals surface area contributed by atoms with Gasteiger partial charge >= 0.3 is 0 Å². The van der Waals surface area contributed by atoms with Crippen LogP contribution in [-0.2, 0) is 6.42 Å². The Bertz CT molecular complexity index is 203. The molecule has 0 atom stereocenters. The molecule has 1 aromatic rings. The number of hydrogen-bond donors (Lipinski definition) is 0. The van der Waals surface area contributed by atoms with E-state index in [1.165, 1.54) is 11.8 Å². The highest BCUT2D eigenvalue weighted by molar-refractivity contribution is 7.98. The van der Waals surface area contributed by atoms with Crippen LogP contribution in [-0.4, -0.2) is 22.3 Å². The van der Waals surface area contributed by atoms with Gasteiger partial charge < -0.3 is 4.42 Å². The first-order valence-electron chi connectivity index (χ1n) is 2.79. The van der Waals surface area contributed by atoms with E-state index in [1.54, 1.807) is 0 Å². The van der Waals surface area contributed by atoms with Gasteiger partial charge in [-0.1, -0.05) is 11.8 Å². The summed E-state index contributed by atoms with van der Waals surface area (Å²) in [6.45, 7) is 0. The third-order valence-corrected chi connectivity index (χ3v) is 1.63. The molecule has 0 saturated carbocycles. The van der Waals surface area contributed by atoms with E-state index in [-0.39, 0.29) is 0 Å². The molecule has 5 heteroatoms. The molecule has 0 N–H and O–H groups in total. The summed E-state index contributed by atoms with van der Waals surface area (Å²) in [6.07, 6.45) is 2.53. The lowest BCUT2D eigenvalue weighted by Crippen LogP contribution is -1.84. The molecule has 1 aromatic heterocycles. The van der Waals surface area contributed by atoms with E-state index >= 15 is 0 Å². The van der Waals surface area contributed by atoms with Gasteiger partial charge in [0.25, 0.3) is 5.22 Å². The summed E-state index contributed by atoms with van der Waals surface area (Å²) < 4.78 is 5.13. The fourth-order valence-electron chi connectivity index (χ4n) is 0.503. The second-order valence-electron chi connectivity index (χ2n) is 1.60. The van der Waals surface area contributed by atoms with Crippen molar-refractivity contribution in [3.63, 3.8) is 0 Å². The first kappa shape index (κ1) is 7.88. The number of hydrogen-bond acceptors (Lipinski definition) is 4. The van der Waals surface area contributed by atoms with Crippen LogP contribution in [0.4, 0.5) is 0 Å². The highest BCUT2D eigenvalue weighted by Crippen LogP contribution is 2.11. The molecule has 0 aliphatic rings. The van der Waals surface area contributed by atoms with Crippen molar-refractivity contribution in [2.24, 2.45) is 0 Å². The zero-order valence-corrected chi connectivity index (χ0v) is 7.08. The molecule has 0 radical (unpaired) electrons. The van der Waals surface area contributed by atoms with Crippen LogP contribution in [0.3, 0.4) is 0 Å². The Balaban J connectivity index is 2.59. The van der Waals surface area contributed by atoms with Gasteiger partial charge in [-0.15, -0.1) is 21.8 Å². The molecule has 0 saturated heterocycles. The van der Waals surface area contributed by atoms with E-state index in [2.05, 4.69) is 10.2 Å². The zero-order chi connectivity index (χ0) is 7.40. The summed E-state index contributed by atoms with van der Waals surface area (Å²) in [5.74, 6) is 1.13. The molecule has 0 amide bonds. The molecule has 0 fully saturated rings. The maximum atomic E-state index is 5.45. The van der Waals surface area contributed by atoms with Crippen LogP contribution in [0.5, 0.6) is 0 Å². The Labute approximate surface area is 68.2 Å². The third kappa shape index (κ3) is 1.88. The minimum absolute atomic E-state index is 0.524. The Morgan fingerprint density at radius 3 is 2.90 bits per heavy atom. The first-order valence-corrected chi connectivity index (χ1v) is 4.55. The van der Waals surface area contributed by atoms with Gasteiger partial charge in [-0.2, -0.15) is 0 Å². The van der Waals surface area contributed by atoms with Crippen molar-refractivity contribution in [1.29, 1.82) is 0 Å². The van der Waals surface area contributed by atoms with Crippen molar-refractivity contribution in [1.82, 2.24) is 10.2 Å². The molecule has 0 aliphatic heterocycles. The molecular weight excluding hydrogens is 172 g/mol. The van der Waals surface area contributed by atoms with E-state index in [0.717, 1.165) is 0 Å². The summed E-state index contributed by atoms with van der Waals surface area (Å²) in [4.78, 5) is 0. The van der Waals surface area contributed by atoms with Crippen molar-refractivity contribution in [3.8, 4) is 0 Å². The Morgan fingerprint density at radius 1 is 1.60 bits per heavy atom. The molecule has 1 heterocycles. The highest BCUT2D eigenvalue weighted by Gasteiger charge is 2.02. The number of thioether (sulfide) groups is 1. The summed E-state index contributed by atoms with van der Waals surface area (Å²) in [6, 6.07) is 0. The summed E-state index contributed by atoms with van der Waals surface area (Å²) in [7, 11) is 0. The van der Waals surface area contributed by atoms with Crippen LogP contribution >= 0.6 is 23.4 Å². The summed E-state index contributed by atoms with van der Waals surface area (Å²) in [5.41, 5.74) is 0. The highest BCUT2D eigenvalue weighted by atomic mass is 35.5. The summed E-state index contributed by atoms with van der Waals surface area (Å²) in [5, 5.41) is 8.09. The van der Waals surface area contributed by atoms with Gasteiger partial charge in [-0.05, 0) is 6.26 Å². The minimum Gasteiger partial charge on any atom is -0.416 e. The van der Waals surface area contributed by atoms with Crippen LogP contribution in [0.1, 0.15) is 5.89 Å². The number of aromatic nitrogens is 2. The van der Waals surface area contributed by atoms with Gasteiger partial charge in [0.2, 0.25) is 5.89 Å². The Hall–Kier alpha value is -0.220. The normalized spacial score (nSPS) is 10.2. The van der Waals surface area contributed by atoms with Gasteiger partial charge in [0.05, 0.1) is 0 Å². The van der Waals surface area contributed by atoms with E-state index in [0.29, 0.717) is 23.4 Å². The van der Waals surface area contributed by atoms with Crippen LogP contribution in [0.25, 0.3) is 0 Å². The van der Waals surface area contributed by atoms with E-state index in [4.69, 9.17) is 16.0 Å². The molecule has 0 bridgehead atoms. The van der Waals surface area contributed by atoms with Gasteiger partial charge in [-0.25, -0.2) is 0 Å². The zero-order valence-electron chi connectivity index (χ0n) is 5.50. The van der Waals surface area contributed by atoms with Crippen LogP contribution in [0.15, 0.2) is 9.64 Å². The van der Waals surface area contributed by atoms with E-state index < -0.39 is 0 Å². The van der Waals surface area contributed by atoms with Crippen LogP contribution in [0, 0.1) is 0 Å².